The van der Waals surface area contributed by atoms with Gasteiger partial charge in [0.05, 0.1) is 7.11 Å². The Morgan fingerprint density at radius 1 is 1.45 bits per heavy atom. The molecule has 0 unspecified atom stereocenters. The van der Waals surface area contributed by atoms with Gasteiger partial charge in [0.2, 0.25) is 0 Å². The number of carbonyl (C=O) groups excluding carboxylic acids is 1. The molecule has 1 aromatic rings. The highest BCUT2D eigenvalue weighted by Gasteiger charge is 2.15. The largest absolute Gasteiger partial charge is 0.465 e. The van der Waals surface area contributed by atoms with E-state index in [4.69, 9.17) is 9.15 Å². The van der Waals surface area contributed by atoms with Crippen LogP contribution in [-0.4, -0.2) is 44.1 Å². The molecule has 0 aromatic carbocycles. The van der Waals surface area contributed by atoms with Crippen molar-refractivity contribution in [3.05, 3.63) is 23.2 Å². The highest BCUT2D eigenvalue weighted by atomic mass is 16.5. The smallest absolute Gasteiger partial charge is 0.341 e. The quantitative estimate of drug-likeness (QED) is 0.476. The van der Waals surface area contributed by atoms with E-state index in [0.29, 0.717) is 23.6 Å². The molecule has 0 saturated carbocycles. The van der Waals surface area contributed by atoms with Crippen molar-refractivity contribution in [3.8, 4) is 0 Å². The third kappa shape index (κ3) is 5.09. The second-order valence-electron chi connectivity index (χ2n) is 5.12. The minimum absolute atomic E-state index is 0.386. The monoisotopic (exact) mass is 309 g/mol. The van der Waals surface area contributed by atoms with Crippen molar-refractivity contribution in [2.75, 3.05) is 27.2 Å². The van der Waals surface area contributed by atoms with Gasteiger partial charge in [0.25, 0.3) is 0 Å². The van der Waals surface area contributed by atoms with Crippen LogP contribution in [0.25, 0.3) is 0 Å². The van der Waals surface area contributed by atoms with Crippen molar-refractivity contribution in [1.29, 1.82) is 0 Å². The molecule has 0 radical (unpaired) electrons. The Kier molecular flexibility index (Phi) is 7.49. The number of hydrogen-bond donors (Lipinski definition) is 1. The third-order valence-electron chi connectivity index (χ3n) is 3.30. The fourth-order valence-corrected chi connectivity index (χ4v) is 2.06. The SMILES string of the molecule is CCCCN(C)C(=NCc1cc(C(=O)OC)c(C)o1)NCC. The molecule has 0 bridgehead atoms. The Morgan fingerprint density at radius 3 is 2.77 bits per heavy atom. The molecule has 1 rings (SSSR count). The number of nitrogens with one attached hydrogen (secondary N) is 1. The number of nitrogens with zero attached hydrogens (tertiary/aromatic N) is 2. The van der Waals surface area contributed by atoms with Crippen molar-refractivity contribution >= 4 is 11.9 Å². The summed E-state index contributed by atoms with van der Waals surface area (Å²) < 4.78 is 10.3. The van der Waals surface area contributed by atoms with E-state index in [0.717, 1.165) is 31.9 Å². The summed E-state index contributed by atoms with van der Waals surface area (Å²) in [6, 6.07) is 1.69. The van der Waals surface area contributed by atoms with Crippen LogP contribution in [0, 0.1) is 6.92 Å². The summed E-state index contributed by atoms with van der Waals surface area (Å²) in [4.78, 5) is 18.2. The molecule has 124 valence electrons. The first-order valence-corrected chi connectivity index (χ1v) is 7.70. The number of aryl methyl sites for hydroxylation is 1. The summed E-state index contributed by atoms with van der Waals surface area (Å²) in [6.45, 7) is 8.09. The number of furan rings is 1. The lowest BCUT2D eigenvalue weighted by atomic mass is 10.2. The zero-order valence-corrected chi connectivity index (χ0v) is 14.2. The second kappa shape index (κ2) is 9.12. The summed E-state index contributed by atoms with van der Waals surface area (Å²) in [6.07, 6.45) is 2.26. The van der Waals surface area contributed by atoms with Gasteiger partial charge in [-0.25, -0.2) is 9.79 Å². The van der Waals surface area contributed by atoms with E-state index in [2.05, 4.69) is 22.1 Å². The molecule has 22 heavy (non-hydrogen) atoms. The van der Waals surface area contributed by atoms with Crippen LogP contribution in [0.1, 0.15) is 48.6 Å². The summed E-state index contributed by atoms with van der Waals surface area (Å²) in [7, 11) is 3.38. The standard InChI is InChI=1S/C16H27N3O3/c1-6-8-9-19(4)16(17-7-2)18-11-13-10-14(12(3)22-13)15(20)21-5/h10H,6-9,11H2,1-5H3,(H,17,18). The molecule has 0 aliphatic carbocycles. The van der Waals surface area contributed by atoms with Crippen LogP contribution in [0.2, 0.25) is 0 Å². The van der Waals surface area contributed by atoms with Gasteiger partial charge in [0, 0.05) is 20.1 Å². The van der Waals surface area contributed by atoms with Crippen molar-refractivity contribution in [3.63, 3.8) is 0 Å². The molecule has 0 amide bonds. The van der Waals surface area contributed by atoms with Crippen molar-refractivity contribution in [1.82, 2.24) is 10.2 Å². The number of unbranched alkanes of at least 4 members (excludes halogenated alkanes) is 1. The van der Waals surface area contributed by atoms with Crippen molar-refractivity contribution < 1.29 is 13.9 Å². The first kappa shape index (κ1) is 18.1. The summed E-state index contributed by atoms with van der Waals surface area (Å²) in [5.74, 6) is 1.66. The zero-order chi connectivity index (χ0) is 16.5. The van der Waals surface area contributed by atoms with E-state index in [1.807, 2.05) is 14.0 Å². The Morgan fingerprint density at radius 2 is 2.18 bits per heavy atom. The van der Waals surface area contributed by atoms with Gasteiger partial charge in [-0.2, -0.15) is 0 Å². The maximum Gasteiger partial charge on any atom is 0.341 e. The Hall–Kier alpha value is -1.98. The molecular formula is C16H27N3O3. The average Bonchev–Trinajstić information content (AvgIpc) is 2.89. The molecule has 0 aliphatic rings. The molecule has 1 N–H and O–H groups in total. The van der Waals surface area contributed by atoms with E-state index >= 15 is 0 Å². The topological polar surface area (TPSA) is 67.1 Å². The van der Waals surface area contributed by atoms with E-state index in [1.54, 1.807) is 13.0 Å². The minimum Gasteiger partial charge on any atom is -0.465 e. The molecular weight excluding hydrogens is 282 g/mol. The van der Waals surface area contributed by atoms with Crippen LogP contribution in [0.3, 0.4) is 0 Å². The van der Waals surface area contributed by atoms with E-state index < -0.39 is 0 Å². The van der Waals surface area contributed by atoms with Crippen LogP contribution < -0.4 is 5.32 Å². The van der Waals surface area contributed by atoms with Gasteiger partial charge < -0.3 is 19.4 Å². The highest BCUT2D eigenvalue weighted by molar-refractivity contribution is 5.90. The normalized spacial score (nSPS) is 11.4. The fourth-order valence-electron chi connectivity index (χ4n) is 2.06. The Bertz CT molecular complexity index is 509. The molecule has 6 heteroatoms. The number of carbonyl (C=O) groups is 1. The van der Waals surface area contributed by atoms with Crippen LogP contribution >= 0.6 is 0 Å². The Labute approximate surface area is 132 Å². The molecule has 1 aromatic heterocycles. The molecule has 6 nitrogen and oxygen atoms in total. The van der Waals surface area contributed by atoms with Gasteiger partial charge in [-0.3, -0.25) is 0 Å². The van der Waals surface area contributed by atoms with Gasteiger partial charge in [-0.05, 0) is 26.3 Å². The van der Waals surface area contributed by atoms with Gasteiger partial charge >= 0.3 is 5.97 Å². The van der Waals surface area contributed by atoms with Crippen LogP contribution in [0.5, 0.6) is 0 Å². The molecule has 1 heterocycles. The lowest BCUT2D eigenvalue weighted by molar-refractivity contribution is 0.0599. The third-order valence-corrected chi connectivity index (χ3v) is 3.30. The summed E-state index contributed by atoms with van der Waals surface area (Å²) >= 11 is 0. The maximum atomic E-state index is 11.6. The zero-order valence-electron chi connectivity index (χ0n) is 14.2. The maximum absolute atomic E-state index is 11.6. The number of rotatable bonds is 7. The van der Waals surface area contributed by atoms with Crippen LogP contribution in [0.4, 0.5) is 0 Å². The van der Waals surface area contributed by atoms with Crippen LogP contribution in [0.15, 0.2) is 15.5 Å². The van der Waals surface area contributed by atoms with Gasteiger partial charge in [-0.15, -0.1) is 0 Å². The van der Waals surface area contributed by atoms with E-state index in [1.165, 1.54) is 7.11 Å². The molecule has 0 atom stereocenters. The summed E-state index contributed by atoms with van der Waals surface area (Å²) in [5, 5.41) is 3.26. The summed E-state index contributed by atoms with van der Waals surface area (Å²) in [5.41, 5.74) is 0.456. The van der Waals surface area contributed by atoms with E-state index in [9.17, 15) is 4.79 Å². The second-order valence-corrected chi connectivity index (χ2v) is 5.12. The molecule has 0 spiro atoms. The van der Waals surface area contributed by atoms with Crippen molar-refractivity contribution in [2.45, 2.75) is 40.2 Å². The number of esters is 1. The lowest BCUT2D eigenvalue weighted by Crippen LogP contribution is -2.39. The Balaban J connectivity index is 2.79. The number of methoxy groups -OCH3 is 1. The van der Waals surface area contributed by atoms with E-state index in [-0.39, 0.29) is 5.97 Å². The lowest BCUT2D eigenvalue weighted by Gasteiger charge is -2.21. The average molecular weight is 309 g/mol. The fraction of sp³-hybridized carbons (Fsp3) is 0.625. The van der Waals surface area contributed by atoms with Crippen molar-refractivity contribution in [2.24, 2.45) is 4.99 Å². The van der Waals surface area contributed by atoms with Gasteiger partial charge in [0.15, 0.2) is 5.96 Å². The van der Waals surface area contributed by atoms with Crippen LogP contribution in [-0.2, 0) is 11.3 Å². The highest BCUT2D eigenvalue weighted by Crippen LogP contribution is 2.16. The molecule has 0 saturated heterocycles. The number of guanidine groups is 1. The minimum atomic E-state index is -0.386. The predicted octanol–water partition coefficient (Wildman–Crippen LogP) is 2.57. The molecule has 0 fully saturated rings. The number of hydrogen-bond acceptors (Lipinski definition) is 4. The number of aliphatic imine (C=N–C) groups is 1. The number of ether oxygens (including phenoxy) is 1. The first-order valence-electron chi connectivity index (χ1n) is 7.70. The predicted molar refractivity (Wildman–Crippen MR) is 87.1 cm³/mol. The van der Waals surface area contributed by atoms with Gasteiger partial charge in [-0.1, -0.05) is 13.3 Å². The van der Waals surface area contributed by atoms with Gasteiger partial charge in [0.1, 0.15) is 23.6 Å². The first-order chi connectivity index (χ1) is 10.5. The molecule has 0 aliphatic heterocycles.